The fourth-order valence-electron chi connectivity index (χ4n) is 2.35. The molecule has 0 fully saturated rings. The Morgan fingerprint density at radius 1 is 1.10 bits per heavy atom. The van der Waals surface area contributed by atoms with Crippen molar-refractivity contribution in [2.75, 3.05) is 14.2 Å². The molecule has 0 saturated heterocycles. The molecule has 1 atom stereocenters. The van der Waals surface area contributed by atoms with Gasteiger partial charge in [0.25, 0.3) is 0 Å². The van der Waals surface area contributed by atoms with E-state index in [0.29, 0.717) is 10.0 Å². The second-order valence-corrected chi connectivity index (χ2v) is 5.66. The van der Waals surface area contributed by atoms with Crippen LogP contribution >= 0.6 is 23.2 Å². The van der Waals surface area contributed by atoms with E-state index in [1.807, 2.05) is 37.4 Å². The summed E-state index contributed by atoms with van der Waals surface area (Å²) in [7, 11) is 3.61. The molecule has 2 nitrogen and oxygen atoms in total. The molecule has 2 rings (SSSR count). The van der Waals surface area contributed by atoms with E-state index in [1.165, 1.54) is 5.56 Å². The number of methoxy groups -OCH3 is 1. The first kappa shape index (κ1) is 16.2. The summed E-state index contributed by atoms with van der Waals surface area (Å²) in [5.41, 5.74) is 2.31. The third-order valence-electron chi connectivity index (χ3n) is 3.59. The van der Waals surface area contributed by atoms with Crippen molar-refractivity contribution in [3.8, 4) is 5.75 Å². The highest BCUT2D eigenvalue weighted by molar-refractivity contribution is 6.42. The van der Waals surface area contributed by atoms with Gasteiger partial charge in [-0.1, -0.05) is 47.5 Å². The van der Waals surface area contributed by atoms with Crippen molar-refractivity contribution in [3.63, 3.8) is 0 Å². The number of rotatable bonds is 6. The van der Waals surface area contributed by atoms with Gasteiger partial charge >= 0.3 is 0 Å². The van der Waals surface area contributed by atoms with Crippen LogP contribution in [0.4, 0.5) is 0 Å². The predicted octanol–water partition coefficient (Wildman–Crippen LogP) is 4.90. The number of ether oxygens (including phenoxy) is 1. The average molecular weight is 324 g/mol. The molecule has 0 aliphatic heterocycles. The number of nitrogens with one attached hydrogen (secondary N) is 1. The van der Waals surface area contributed by atoms with E-state index >= 15 is 0 Å². The number of hydrogen-bond acceptors (Lipinski definition) is 2. The third kappa shape index (κ3) is 4.13. The normalized spacial score (nSPS) is 12.2. The van der Waals surface area contributed by atoms with Gasteiger partial charge in [-0.05, 0) is 49.2 Å². The lowest BCUT2D eigenvalue weighted by Crippen LogP contribution is -2.17. The topological polar surface area (TPSA) is 21.3 Å². The fourth-order valence-corrected chi connectivity index (χ4v) is 2.79. The zero-order chi connectivity index (χ0) is 15.2. The molecule has 2 aromatic carbocycles. The maximum atomic E-state index is 6.30. The van der Waals surface area contributed by atoms with Gasteiger partial charge in [0, 0.05) is 6.04 Å². The van der Waals surface area contributed by atoms with E-state index < -0.39 is 0 Å². The lowest BCUT2D eigenvalue weighted by molar-refractivity contribution is 0.414. The minimum atomic E-state index is 0.179. The predicted molar refractivity (Wildman–Crippen MR) is 89.6 cm³/mol. The molecule has 21 heavy (non-hydrogen) atoms. The first-order valence-electron chi connectivity index (χ1n) is 6.89. The number of aryl methyl sites for hydroxylation is 1. The Labute approximate surface area is 136 Å². The van der Waals surface area contributed by atoms with Crippen molar-refractivity contribution in [2.24, 2.45) is 0 Å². The van der Waals surface area contributed by atoms with Crippen molar-refractivity contribution in [2.45, 2.75) is 18.9 Å². The fraction of sp³-hybridized carbons (Fsp3) is 0.294. The zero-order valence-corrected chi connectivity index (χ0v) is 13.7. The van der Waals surface area contributed by atoms with Gasteiger partial charge < -0.3 is 10.1 Å². The van der Waals surface area contributed by atoms with Crippen LogP contribution in [0.2, 0.25) is 10.0 Å². The van der Waals surface area contributed by atoms with E-state index in [1.54, 1.807) is 7.11 Å². The van der Waals surface area contributed by atoms with Crippen LogP contribution in [0.25, 0.3) is 0 Å². The molecule has 0 radical (unpaired) electrons. The molecule has 0 amide bonds. The molecule has 0 saturated carbocycles. The molecular weight excluding hydrogens is 305 g/mol. The Morgan fingerprint density at radius 2 is 1.81 bits per heavy atom. The molecular formula is C17H19Cl2NO. The van der Waals surface area contributed by atoms with Crippen molar-refractivity contribution in [3.05, 3.63) is 63.6 Å². The van der Waals surface area contributed by atoms with Gasteiger partial charge in [0.2, 0.25) is 0 Å². The summed E-state index contributed by atoms with van der Waals surface area (Å²) in [5.74, 6) is 0.877. The van der Waals surface area contributed by atoms with Crippen molar-refractivity contribution in [1.29, 1.82) is 0 Å². The Morgan fingerprint density at radius 3 is 2.43 bits per heavy atom. The van der Waals surface area contributed by atoms with Gasteiger partial charge in [-0.3, -0.25) is 0 Å². The third-order valence-corrected chi connectivity index (χ3v) is 4.42. The smallest absolute Gasteiger partial charge is 0.118 e. The Bertz CT molecular complexity index is 584. The van der Waals surface area contributed by atoms with Crippen LogP contribution in [0.3, 0.4) is 0 Å². The van der Waals surface area contributed by atoms with E-state index in [2.05, 4.69) is 17.4 Å². The van der Waals surface area contributed by atoms with Crippen LogP contribution < -0.4 is 10.1 Å². The lowest BCUT2D eigenvalue weighted by Gasteiger charge is -2.18. The van der Waals surface area contributed by atoms with Crippen LogP contribution in [0, 0.1) is 0 Å². The first-order chi connectivity index (χ1) is 10.2. The average Bonchev–Trinajstić information content (AvgIpc) is 2.52. The standard InChI is InChI=1S/C17H19Cl2NO/c1-20-16(14-4-3-5-15(18)17(14)19)11-8-12-6-9-13(21-2)10-7-12/h3-7,9-10,16,20H,8,11H2,1-2H3. The van der Waals surface area contributed by atoms with Gasteiger partial charge in [0.05, 0.1) is 17.2 Å². The van der Waals surface area contributed by atoms with Gasteiger partial charge in [0.1, 0.15) is 5.75 Å². The Kier molecular flexibility index (Phi) is 5.92. The molecule has 0 aliphatic carbocycles. The largest absolute Gasteiger partial charge is 0.497 e. The van der Waals surface area contributed by atoms with Gasteiger partial charge in [0.15, 0.2) is 0 Å². The summed E-state index contributed by atoms with van der Waals surface area (Å²) in [6.45, 7) is 0. The monoisotopic (exact) mass is 323 g/mol. The SMILES string of the molecule is CNC(CCc1ccc(OC)cc1)c1cccc(Cl)c1Cl. The minimum Gasteiger partial charge on any atom is -0.497 e. The van der Waals surface area contributed by atoms with Crippen molar-refractivity contribution < 1.29 is 4.74 Å². The molecule has 1 N–H and O–H groups in total. The molecule has 112 valence electrons. The van der Waals surface area contributed by atoms with Gasteiger partial charge in [-0.15, -0.1) is 0 Å². The summed E-state index contributed by atoms with van der Waals surface area (Å²) in [4.78, 5) is 0. The summed E-state index contributed by atoms with van der Waals surface area (Å²) in [6.07, 6.45) is 1.90. The van der Waals surface area contributed by atoms with E-state index in [-0.39, 0.29) is 6.04 Å². The number of hydrogen-bond donors (Lipinski definition) is 1. The van der Waals surface area contributed by atoms with E-state index in [4.69, 9.17) is 27.9 Å². The molecule has 0 heterocycles. The highest BCUT2D eigenvalue weighted by Gasteiger charge is 2.14. The highest BCUT2D eigenvalue weighted by Crippen LogP contribution is 2.31. The quantitative estimate of drug-likeness (QED) is 0.816. The molecule has 0 aromatic heterocycles. The van der Waals surface area contributed by atoms with Crippen LogP contribution in [-0.2, 0) is 6.42 Å². The number of halogens is 2. The summed E-state index contributed by atoms with van der Waals surface area (Å²) < 4.78 is 5.17. The highest BCUT2D eigenvalue weighted by atomic mass is 35.5. The summed E-state index contributed by atoms with van der Waals surface area (Å²) in [6, 6.07) is 14.1. The maximum absolute atomic E-state index is 6.30. The van der Waals surface area contributed by atoms with Gasteiger partial charge in [-0.2, -0.15) is 0 Å². The minimum absolute atomic E-state index is 0.179. The first-order valence-corrected chi connectivity index (χ1v) is 7.65. The van der Waals surface area contributed by atoms with Crippen LogP contribution in [-0.4, -0.2) is 14.2 Å². The summed E-state index contributed by atoms with van der Waals surface area (Å²) >= 11 is 12.4. The van der Waals surface area contributed by atoms with Crippen molar-refractivity contribution >= 4 is 23.2 Å². The maximum Gasteiger partial charge on any atom is 0.118 e. The Balaban J connectivity index is 2.06. The molecule has 0 bridgehead atoms. The van der Waals surface area contributed by atoms with Gasteiger partial charge in [-0.25, -0.2) is 0 Å². The van der Waals surface area contributed by atoms with E-state index in [9.17, 15) is 0 Å². The van der Waals surface area contributed by atoms with Crippen LogP contribution in [0.15, 0.2) is 42.5 Å². The lowest BCUT2D eigenvalue weighted by atomic mass is 9.99. The number of benzene rings is 2. The van der Waals surface area contributed by atoms with Crippen LogP contribution in [0.5, 0.6) is 5.75 Å². The summed E-state index contributed by atoms with van der Waals surface area (Å²) in [5, 5.41) is 4.54. The molecule has 0 spiro atoms. The van der Waals surface area contributed by atoms with Crippen molar-refractivity contribution in [1.82, 2.24) is 5.32 Å². The van der Waals surface area contributed by atoms with Crippen LogP contribution in [0.1, 0.15) is 23.6 Å². The molecule has 4 heteroatoms. The zero-order valence-electron chi connectivity index (χ0n) is 12.2. The molecule has 2 aromatic rings. The second kappa shape index (κ2) is 7.69. The Hall–Kier alpha value is -1.22. The second-order valence-electron chi connectivity index (χ2n) is 4.87. The molecule has 0 aliphatic rings. The molecule has 1 unspecified atom stereocenters. The van der Waals surface area contributed by atoms with E-state index in [0.717, 1.165) is 24.2 Å².